The van der Waals surface area contributed by atoms with E-state index in [0.717, 1.165) is 10.2 Å². The lowest BCUT2D eigenvalue weighted by Gasteiger charge is -2.07. The van der Waals surface area contributed by atoms with Crippen molar-refractivity contribution in [2.45, 2.75) is 6.92 Å². The Bertz CT molecular complexity index is 842. The van der Waals surface area contributed by atoms with E-state index < -0.39 is 0 Å². The van der Waals surface area contributed by atoms with Crippen molar-refractivity contribution in [3.63, 3.8) is 0 Å². The van der Waals surface area contributed by atoms with E-state index >= 15 is 0 Å². The second-order valence-electron chi connectivity index (χ2n) is 4.69. The lowest BCUT2D eigenvalue weighted by molar-refractivity contribution is 0.102. The Kier molecular flexibility index (Phi) is 3.23. The summed E-state index contributed by atoms with van der Waals surface area (Å²) >= 11 is 1.35. The molecule has 0 aliphatic rings. The Morgan fingerprint density at radius 2 is 2.10 bits per heavy atom. The minimum Gasteiger partial charge on any atom is -0.508 e. The molecule has 0 unspecified atom stereocenters. The van der Waals surface area contributed by atoms with Gasteiger partial charge in [0.25, 0.3) is 5.91 Å². The number of carbonyl (C=O) groups is 1. The van der Waals surface area contributed by atoms with Gasteiger partial charge >= 0.3 is 0 Å². The van der Waals surface area contributed by atoms with E-state index in [0.29, 0.717) is 21.9 Å². The standard InChI is InChI=1S/C15H13N3O2S/c1-8-6-10(3-5-12(8)19)17-14(20)9-2-4-11-13(7-9)21-15(16)18-11/h2-7,19H,1H3,(H2,16,18)(H,17,20). The Morgan fingerprint density at radius 3 is 2.86 bits per heavy atom. The molecule has 0 saturated heterocycles. The van der Waals surface area contributed by atoms with Gasteiger partial charge < -0.3 is 16.2 Å². The predicted octanol–water partition coefficient (Wildman–Crippen LogP) is 3.14. The van der Waals surface area contributed by atoms with E-state index in [1.165, 1.54) is 11.3 Å². The number of nitrogens with two attached hydrogens (primary N) is 1. The normalized spacial score (nSPS) is 10.7. The maximum atomic E-state index is 12.2. The summed E-state index contributed by atoms with van der Waals surface area (Å²) in [6.07, 6.45) is 0. The van der Waals surface area contributed by atoms with Gasteiger partial charge in [0, 0.05) is 11.3 Å². The summed E-state index contributed by atoms with van der Waals surface area (Å²) in [5.41, 5.74) is 8.32. The van der Waals surface area contributed by atoms with Gasteiger partial charge in [0.15, 0.2) is 5.13 Å². The third-order valence-electron chi connectivity index (χ3n) is 3.12. The molecule has 0 fully saturated rings. The largest absolute Gasteiger partial charge is 0.508 e. The first kappa shape index (κ1) is 13.4. The monoisotopic (exact) mass is 299 g/mol. The number of rotatable bonds is 2. The Morgan fingerprint density at radius 1 is 1.29 bits per heavy atom. The molecule has 1 heterocycles. The first-order valence-electron chi connectivity index (χ1n) is 6.30. The van der Waals surface area contributed by atoms with Crippen LogP contribution in [0.5, 0.6) is 5.75 Å². The van der Waals surface area contributed by atoms with Crippen LogP contribution in [0.4, 0.5) is 10.8 Å². The molecule has 3 rings (SSSR count). The third kappa shape index (κ3) is 2.66. The zero-order chi connectivity index (χ0) is 15.0. The van der Waals surface area contributed by atoms with Gasteiger partial charge in [-0.1, -0.05) is 11.3 Å². The lowest BCUT2D eigenvalue weighted by Crippen LogP contribution is -2.11. The third-order valence-corrected chi connectivity index (χ3v) is 3.97. The minimum absolute atomic E-state index is 0.203. The zero-order valence-corrected chi connectivity index (χ0v) is 12.1. The molecular weight excluding hydrogens is 286 g/mol. The number of phenolic OH excluding ortho intramolecular Hbond substituents is 1. The van der Waals surface area contributed by atoms with Crippen molar-refractivity contribution in [2.75, 3.05) is 11.1 Å². The Labute approximate surface area is 125 Å². The molecule has 0 atom stereocenters. The molecule has 0 radical (unpaired) electrons. The van der Waals surface area contributed by atoms with E-state index in [4.69, 9.17) is 5.73 Å². The number of aromatic hydroxyl groups is 1. The summed E-state index contributed by atoms with van der Waals surface area (Å²) in [6, 6.07) is 10.2. The maximum absolute atomic E-state index is 12.2. The number of benzene rings is 2. The zero-order valence-electron chi connectivity index (χ0n) is 11.3. The number of hydrogen-bond donors (Lipinski definition) is 3. The van der Waals surface area contributed by atoms with Crippen molar-refractivity contribution in [2.24, 2.45) is 0 Å². The quantitative estimate of drug-likeness (QED) is 0.634. The number of aryl methyl sites for hydroxylation is 1. The number of nitrogens with zero attached hydrogens (tertiary/aromatic N) is 1. The van der Waals surface area contributed by atoms with Gasteiger partial charge in [-0.2, -0.15) is 0 Å². The van der Waals surface area contributed by atoms with Crippen molar-refractivity contribution in [1.82, 2.24) is 4.98 Å². The number of amides is 1. The minimum atomic E-state index is -0.214. The van der Waals surface area contributed by atoms with Crippen LogP contribution in [-0.2, 0) is 0 Å². The molecule has 6 heteroatoms. The van der Waals surface area contributed by atoms with E-state index in [2.05, 4.69) is 10.3 Å². The highest BCUT2D eigenvalue weighted by atomic mass is 32.1. The molecule has 0 aliphatic heterocycles. The summed E-state index contributed by atoms with van der Waals surface area (Å²) in [6.45, 7) is 1.77. The van der Waals surface area contributed by atoms with Crippen molar-refractivity contribution in [3.8, 4) is 5.75 Å². The number of hydrogen-bond acceptors (Lipinski definition) is 5. The molecule has 0 saturated carbocycles. The van der Waals surface area contributed by atoms with E-state index in [9.17, 15) is 9.90 Å². The van der Waals surface area contributed by atoms with Crippen LogP contribution < -0.4 is 11.1 Å². The second-order valence-corrected chi connectivity index (χ2v) is 5.75. The number of anilines is 2. The summed E-state index contributed by atoms with van der Waals surface area (Å²) in [5.74, 6) is -0.0106. The van der Waals surface area contributed by atoms with Crippen molar-refractivity contribution >= 4 is 38.3 Å². The van der Waals surface area contributed by atoms with Crippen LogP contribution in [0.3, 0.4) is 0 Å². The molecule has 0 bridgehead atoms. The SMILES string of the molecule is Cc1cc(NC(=O)c2ccc3nc(N)sc3c2)ccc1O. The molecule has 3 aromatic rings. The fourth-order valence-electron chi connectivity index (χ4n) is 2.02. The smallest absolute Gasteiger partial charge is 0.255 e. The average Bonchev–Trinajstić information content (AvgIpc) is 2.82. The van der Waals surface area contributed by atoms with E-state index in [1.807, 2.05) is 0 Å². The molecule has 1 amide bonds. The molecule has 4 N–H and O–H groups in total. The summed E-state index contributed by atoms with van der Waals surface area (Å²) in [7, 11) is 0. The second kappa shape index (κ2) is 5.06. The van der Waals surface area contributed by atoms with Crippen molar-refractivity contribution in [1.29, 1.82) is 0 Å². The van der Waals surface area contributed by atoms with Gasteiger partial charge in [-0.25, -0.2) is 4.98 Å². The van der Waals surface area contributed by atoms with Crippen LogP contribution >= 0.6 is 11.3 Å². The van der Waals surface area contributed by atoms with Gasteiger partial charge in [0.1, 0.15) is 5.75 Å². The first-order chi connectivity index (χ1) is 10.0. The summed E-state index contributed by atoms with van der Waals surface area (Å²) in [5, 5.41) is 12.8. The molecule has 21 heavy (non-hydrogen) atoms. The van der Waals surface area contributed by atoms with Crippen LogP contribution in [0.25, 0.3) is 10.2 Å². The number of fused-ring (bicyclic) bond motifs is 1. The van der Waals surface area contributed by atoms with Gasteiger partial charge in [-0.15, -0.1) is 0 Å². The Hall–Kier alpha value is -2.60. The highest BCUT2D eigenvalue weighted by molar-refractivity contribution is 7.22. The van der Waals surface area contributed by atoms with Crippen LogP contribution in [0.1, 0.15) is 15.9 Å². The number of carbonyl (C=O) groups excluding carboxylic acids is 1. The highest BCUT2D eigenvalue weighted by Gasteiger charge is 2.09. The summed E-state index contributed by atoms with van der Waals surface area (Å²) < 4.78 is 0.877. The number of nitrogen functional groups attached to an aromatic ring is 1. The van der Waals surface area contributed by atoms with Crippen LogP contribution in [0, 0.1) is 6.92 Å². The number of thiazole rings is 1. The van der Waals surface area contributed by atoms with Crippen molar-refractivity contribution < 1.29 is 9.90 Å². The highest BCUT2D eigenvalue weighted by Crippen LogP contribution is 2.25. The lowest BCUT2D eigenvalue weighted by atomic mass is 10.1. The van der Waals surface area contributed by atoms with Crippen LogP contribution in [-0.4, -0.2) is 16.0 Å². The van der Waals surface area contributed by atoms with Crippen LogP contribution in [0.15, 0.2) is 36.4 Å². The average molecular weight is 299 g/mol. The first-order valence-corrected chi connectivity index (χ1v) is 7.11. The van der Waals surface area contributed by atoms with E-state index in [-0.39, 0.29) is 11.7 Å². The molecule has 1 aromatic heterocycles. The molecule has 106 valence electrons. The molecule has 2 aromatic carbocycles. The molecule has 5 nitrogen and oxygen atoms in total. The van der Waals surface area contributed by atoms with Gasteiger partial charge in [0.05, 0.1) is 10.2 Å². The number of phenols is 1. The fourth-order valence-corrected chi connectivity index (χ4v) is 2.79. The van der Waals surface area contributed by atoms with Gasteiger partial charge in [-0.3, -0.25) is 4.79 Å². The molecule has 0 spiro atoms. The fraction of sp³-hybridized carbons (Fsp3) is 0.0667. The van der Waals surface area contributed by atoms with Gasteiger partial charge in [0.2, 0.25) is 0 Å². The molecular formula is C15H13N3O2S. The van der Waals surface area contributed by atoms with Gasteiger partial charge in [-0.05, 0) is 48.9 Å². The Balaban J connectivity index is 1.87. The van der Waals surface area contributed by atoms with Crippen LogP contribution in [0.2, 0.25) is 0 Å². The van der Waals surface area contributed by atoms with E-state index in [1.54, 1.807) is 43.3 Å². The molecule has 0 aliphatic carbocycles. The predicted molar refractivity (Wildman–Crippen MR) is 84.8 cm³/mol. The number of nitrogens with one attached hydrogen (secondary N) is 1. The maximum Gasteiger partial charge on any atom is 0.255 e. The number of aromatic nitrogens is 1. The van der Waals surface area contributed by atoms with Crippen molar-refractivity contribution in [3.05, 3.63) is 47.5 Å². The topological polar surface area (TPSA) is 88.2 Å². The summed E-state index contributed by atoms with van der Waals surface area (Å²) in [4.78, 5) is 16.4.